The van der Waals surface area contributed by atoms with Gasteiger partial charge in [0.1, 0.15) is 5.02 Å². The average molecular weight is 557 g/mol. The highest BCUT2D eigenvalue weighted by Gasteiger charge is 2.60. The van der Waals surface area contributed by atoms with Crippen LogP contribution < -0.4 is 14.4 Å². The van der Waals surface area contributed by atoms with Crippen molar-refractivity contribution >= 4 is 55.7 Å². The number of fused-ring (bicyclic) bond motifs is 3. The molecule has 3 saturated carbocycles. The van der Waals surface area contributed by atoms with Crippen LogP contribution in [0.15, 0.2) is 28.9 Å². The smallest absolute Gasteiger partial charge is 0.242 e. The van der Waals surface area contributed by atoms with Crippen LogP contribution in [-0.4, -0.2) is 36.3 Å². The van der Waals surface area contributed by atoms with Gasteiger partial charge in [0.2, 0.25) is 21.8 Å². The molecule has 0 radical (unpaired) electrons. The fourth-order valence-corrected chi connectivity index (χ4v) is 7.41. The largest absolute Gasteiger partial charge is 0.476 e. The van der Waals surface area contributed by atoms with Crippen molar-refractivity contribution in [1.82, 2.24) is 10.1 Å². The van der Waals surface area contributed by atoms with Gasteiger partial charge >= 0.3 is 0 Å². The number of amides is 1. The number of pyridine rings is 1. The molecular weight excluding hydrogens is 528 g/mol. The number of aromatic nitrogens is 2. The Morgan fingerprint density at radius 1 is 1.16 bits per heavy atom. The summed E-state index contributed by atoms with van der Waals surface area (Å²) in [6.07, 6.45) is 9.09. The summed E-state index contributed by atoms with van der Waals surface area (Å²) < 4.78 is 39.0. The van der Waals surface area contributed by atoms with E-state index < -0.39 is 15.4 Å². The molecule has 200 valence electrons. The Morgan fingerprint density at radius 3 is 2.61 bits per heavy atom. The lowest BCUT2D eigenvalue weighted by molar-refractivity contribution is -0.119. The zero-order valence-electron chi connectivity index (χ0n) is 21.1. The second-order valence-corrected chi connectivity index (χ2v) is 13.8. The van der Waals surface area contributed by atoms with Gasteiger partial charge in [0.25, 0.3) is 0 Å². The quantitative estimate of drug-likeness (QED) is 0.397. The molecule has 38 heavy (non-hydrogen) atoms. The zero-order valence-corrected chi connectivity index (χ0v) is 22.6. The summed E-state index contributed by atoms with van der Waals surface area (Å²) in [4.78, 5) is 19.8. The standard InChI is InChI=1S/C27H29ClN4O5S/c1-15-2-4-16(5-3-15)14-36-25-21(28)10-17(13-29-25)32-22-12-23-19(11-20(22)27(8-9-27)26(32)33)24(30-37-23)31-38(34,35)18-6-7-18/h10-13,15-16,18H,2-9,14H2,1H3,(H,30,31). The van der Waals surface area contributed by atoms with Crippen molar-refractivity contribution in [1.29, 1.82) is 0 Å². The number of hydrogen-bond acceptors (Lipinski definition) is 7. The number of halogens is 1. The van der Waals surface area contributed by atoms with E-state index in [1.165, 1.54) is 12.8 Å². The average Bonchev–Trinajstić information content (AvgIpc) is 3.81. The van der Waals surface area contributed by atoms with Gasteiger partial charge in [-0.25, -0.2) is 13.4 Å². The molecule has 0 atom stereocenters. The summed E-state index contributed by atoms with van der Waals surface area (Å²) in [5, 5.41) is 4.51. The highest BCUT2D eigenvalue weighted by atomic mass is 35.5. The maximum Gasteiger partial charge on any atom is 0.242 e. The van der Waals surface area contributed by atoms with Crippen LogP contribution in [0.4, 0.5) is 17.2 Å². The number of carbonyl (C=O) groups is 1. The van der Waals surface area contributed by atoms with Gasteiger partial charge in [-0.15, -0.1) is 0 Å². The molecule has 3 fully saturated rings. The lowest BCUT2D eigenvalue weighted by Gasteiger charge is -2.26. The topological polar surface area (TPSA) is 115 Å². The fourth-order valence-electron chi connectivity index (χ4n) is 5.85. The van der Waals surface area contributed by atoms with Gasteiger partial charge < -0.3 is 9.26 Å². The molecular formula is C27H29ClN4O5S. The zero-order chi connectivity index (χ0) is 26.2. The number of anilines is 3. The molecule has 1 aliphatic heterocycles. The molecule has 1 amide bonds. The first-order valence-electron chi connectivity index (χ1n) is 13.3. The first-order valence-corrected chi connectivity index (χ1v) is 15.3. The minimum atomic E-state index is -3.50. The predicted molar refractivity (Wildman–Crippen MR) is 143 cm³/mol. The minimum absolute atomic E-state index is 0.0453. The Labute approximate surface area is 225 Å². The molecule has 3 heterocycles. The van der Waals surface area contributed by atoms with E-state index in [2.05, 4.69) is 21.8 Å². The van der Waals surface area contributed by atoms with E-state index >= 15 is 0 Å². The Bertz CT molecular complexity index is 1550. The van der Waals surface area contributed by atoms with E-state index in [-0.39, 0.29) is 17.0 Å². The van der Waals surface area contributed by atoms with Crippen LogP contribution in [-0.2, 0) is 20.2 Å². The van der Waals surface area contributed by atoms with Crippen LogP contribution >= 0.6 is 11.6 Å². The first kappa shape index (κ1) is 24.2. The van der Waals surface area contributed by atoms with Crippen molar-refractivity contribution < 1.29 is 22.5 Å². The third-order valence-corrected chi connectivity index (χ3v) is 10.6. The van der Waals surface area contributed by atoms with Gasteiger partial charge in [-0.2, -0.15) is 0 Å². The molecule has 0 unspecified atom stereocenters. The number of rotatable bonds is 7. The van der Waals surface area contributed by atoms with Crippen LogP contribution in [0.3, 0.4) is 0 Å². The van der Waals surface area contributed by atoms with E-state index in [1.807, 2.05) is 6.07 Å². The van der Waals surface area contributed by atoms with Crippen molar-refractivity contribution in [2.75, 3.05) is 16.2 Å². The van der Waals surface area contributed by atoms with Gasteiger partial charge in [-0.1, -0.05) is 36.5 Å². The van der Waals surface area contributed by atoms with E-state index in [4.69, 9.17) is 20.9 Å². The molecule has 9 nitrogen and oxygen atoms in total. The van der Waals surface area contributed by atoms with E-state index in [1.54, 1.807) is 23.2 Å². The summed E-state index contributed by atoms with van der Waals surface area (Å²) in [6, 6.07) is 5.31. The molecule has 1 N–H and O–H groups in total. The van der Waals surface area contributed by atoms with Crippen molar-refractivity contribution in [3.63, 3.8) is 0 Å². The molecule has 0 bridgehead atoms. The first-order chi connectivity index (χ1) is 18.2. The Hall–Kier alpha value is -2.85. The summed E-state index contributed by atoms with van der Waals surface area (Å²) in [7, 11) is -3.50. The number of hydrogen-bond donors (Lipinski definition) is 1. The van der Waals surface area contributed by atoms with Gasteiger partial charge in [-0.3, -0.25) is 14.4 Å². The van der Waals surface area contributed by atoms with Crippen molar-refractivity contribution in [3.8, 4) is 5.88 Å². The minimum Gasteiger partial charge on any atom is -0.476 e. The van der Waals surface area contributed by atoms with Gasteiger partial charge in [0.15, 0.2) is 11.4 Å². The van der Waals surface area contributed by atoms with E-state index in [0.29, 0.717) is 58.6 Å². The lowest BCUT2D eigenvalue weighted by Crippen LogP contribution is -2.28. The Kier molecular flexibility index (Phi) is 5.46. The Morgan fingerprint density at radius 2 is 1.92 bits per heavy atom. The number of ether oxygens (including phenoxy) is 1. The molecule has 1 spiro atoms. The van der Waals surface area contributed by atoms with Crippen LogP contribution in [0, 0.1) is 11.8 Å². The highest BCUT2D eigenvalue weighted by molar-refractivity contribution is 7.93. The normalized spacial score (nSPS) is 24.2. The van der Waals surface area contributed by atoms with Crippen LogP contribution in [0.5, 0.6) is 5.88 Å². The Balaban J connectivity index is 1.18. The maximum atomic E-state index is 13.7. The lowest BCUT2D eigenvalue weighted by atomic mass is 9.83. The second-order valence-electron chi connectivity index (χ2n) is 11.4. The monoisotopic (exact) mass is 556 g/mol. The fraction of sp³-hybridized carbons (Fsp3) is 0.519. The summed E-state index contributed by atoms with van der Waals surface area (Å²) >= 11 is 6.58. The summed E-state index contributed by atoms with van der Waals surface area (Å²) in [6.45, 7) is 2.88. The van der Waals surface area contributed by atoms with Crippen LogP contribution in [0.2, 0.25) is 5.02 Å². The number of nitrogens with zero attached hydrogens (tertiary/aromatic N) is 3. The maximum absolute atomic E-state index is 13.7. The predicted octanol–water partition coefficient (Wildman–Crippen LogP) is 5.70. The van der Waals surface area contributed by atoms with E-state index in [0.717, 1.165) is 37.2 Å². The number of carbonyl (C=O) groups excluding carboxylic acids is 1. The van der Waals surface area contributed by atoms with Gasteiger partial charge in [0.05, 0.1) is 40.2 Å². The third-order valence-electron chi connectivity index (χ3n) is 8.55. The number of sulfonamides is 1. The molecule has 7 rings (SSSR count). The SMILES string of the molecule is CC1CCC(COc2ncc(N3C(=O)C4(CC4)c4cc5c(NS(=O)(=O)C6CC6)noc5cc43)cc2Cl)CC1. The third kappa shape index (κ3) is 3.95. The van der Waals surface area contributed by atoms with Crippen molar-refractivity contribution in [3.05, 3.63) is 35.0 Å². The molecule has 2 aromatic heterocycles. The summed E-state index contributed by atoms with van der Waals surface area (Å²) in [5.41, 5.74) is 1.84. The molecule has 0 saturated heterocycles. The molecule has 3 aliphatic carbocycles. The van der Waals surface area contributed by atoms with Crippen molar-refractivity contribution in [2.24, 2.45) is 11.8 Å². The van der Waals surface area contributed by atoms with E-state index in [9.17, 15) is 13.2 Å². The van der Waals surface area contributed by atoms with Crippen LogP contribution in [0.1, 0.15) is 63.9 Å². The van der Waals surface area contributed by atoms with Gasteiger partial charge in [-0.05, 0) is 68.1 Å². The molecule has 4 aliphatic rings. The number of nitrogens with one attached hydrogen (secondary N) is 1. The molecule has 11 heteroatoms. The summed E-state index contributed by atoms with van der Waals surface area (Å²) in [5.74, 6) is 1.78. The molecule has 1 aromatic carbocycles. The van der Waals surface area contributed by atoms with Crippen LogP contribution in [0.25, 0.3) is 11.0 Å². The van der Waals surface area contributed by atoms with Crippen molar-refractivity contribution in [2.45, 2.75) is 69.0 Å². The number of benzene rings is 1. The highest BCUT2D eigenvalue weighted by Crippen LogP contribution is 2.60. The second kappa shape index (κ2) is 8.58. The van der Waals surface area contributed by atoms with Gasteiger partial charge in [0, 0.05) is 6.07 Å². The molecule has 3 aromatic rings.